The number of anilines is 2. The summed E-state index contributed by atoms with van der Waals surface area (Å²) in [6.07, 6.45) is 4.32. The van der Waals surface area contributed by atoms with E-state index in [2.05, 4.69) is 25.8 Å². The molecular formula is C21H26ClN5O3. The molecule has 4 N–H and O–H groups in total. The predicted molar refractivity (Wildman–Crippen MR) is 117 cm³/mol. The summed E-state index contributed by atoms with van der Waals surface area (Å²) in [4.78, 5) is 31.1. The predicted octanol–water partition coefficient (Wildman–Crippen LogP) is 2.96. The van der Waals surface area contributed by atoms with Crippen LogP contribution < -0.4 is 16.0 Å². The number of aliphatic hydroxyl groups excluding tert-OH is 1. The van der Waals surface area contributed by atoms with Gasteiger partial charge in [0.05, 0.1) is 5.02 Å². The van der Waals surface area contributed by atoms with E-state index in [0.717, 1.165) is 32.4 Å². The molecule has 160 valence electrons. The van der Waals surface area contributed by atoms with Gasteiger partial charge in [-0.05, 0) is 56.1 Å². The van der Waals surface area contributed by atoms with E-state index in [0.29, 0.717) is 28.6 Å². The maximum Gasteiger partial charge on any atom is 0.319 e. The van der Waals surface area contributed by atoms with Gasteiger partial charge >= 0.3 is 6.03 Å². The van der Waals surface area contributed by atoms with Crippen LogP contribution in [0.3, 0.4) is 0 Å². The number of halogens is 1. The van der Waals surface area contributed by atoms with Gasteiger partial charge in [0.2, 0.25) is 0 Å². The first-order chi connectivity index (χ1) is 14.5. The molecule has 1 fully saturated rings. The minimum atomic E-state index is -0.334. The van der Waals surface area contributed by atoms with Crippen LogP contribution in [0, 0.1) is 0 Å². The van der Waals surface area contributed by atoms with Crippen molar-refractivity contribution in [2.45, 2.75) is 25.3 Å². The Morgan fingerprint density at radius 2 is 2.10 bits per heavy atom. The fourth-order valence-electron chi connectivity index (χ4n) is 3.46. The number of nitrogens with one attached hydrogen (secondary N) is 3. The van der Waals surface area contributed by atoms with Crippen molar-refractivity contribution >= 4 is 35.0 Å². The maximum absolute atomic E-state index is 12.4. The van der Waals surface area contributed by atoms with Crippen LogP contribution >= 0.6 is 11.6 Å². The van der Waals surface area contributed by atoms with Gasteiger partial charge in [0.15, 0.2) is 0 Å². The highest BCUT2D eigenvalue weighted by atomic mass is 35.5. The molecule has 9 heteroatoms. The van der Waals surface area contributed by atoms with Gasteiger partial charge in [-0.2, -0.15) is 0 Å². The highest BCUT2D eigenvalue weighted by Gasteiger charge is 2.24. The van der Waals surface area contributed by atoms with Gasteiger partial charge in [0, 0.05) is 43.2 Å². The van der Waals surface area contributed by atoms with Gasteiger partial charge in [0.1, 0.15) is 5.82 Å². The minimum absolute atomic E-state index is 0.176. The summed E-state index contributed by atoms with van der Waals surface area (Å²) in [6.45, 7) is 2.55. The van der Waals surface area contributed by atoms with Gasteiger partial charge in [-0.15, -0.1) is 0 Å². The zero-order valence-electron chi connectivity index (χ0n) is 16.6. The van der Waals surface area contributed by atoms with Crippen LogP contribution in [-0.2, 0) is 0 Å². The van der Waals surface area contributed by atoms with Crippen molar-refractivity contribution in [1.29, 1.82) is 0 Å². The first-order valence-corrected chi connectivity index (χ1v) is 10.4. The van der Waals surface area contributed by atoms with Crippen LogP contribution in [0.5, 0.6) is 0 Å². The number of pyridine rings is 1. The molecule has 0 radical (unpaired) electrons. The summed E-state index contributed by atoms with van der Waals surface area (Å²) >= 11 is 5.80. The van der Waals surface area contributed by atoms with E-state index in [4.69, 9.17) is 16.7 Å². The van der Waals surface area contributed by atoms with Gasteiger partial charge in [-0.3, -0.25) is 9.69 Å². The molecule has 1 atom stereocenters. The number of amides is 3. The number of benzene rings is 1. The van der Waals surface area contributed by atoms with Gasteiger partial charge in [-0.25, -0.2) is 9.78 Å². The Bertz CT molecular complexity index is 862. The molecule has 2 aromatic rings. The highest BCUT2D eigenvalue weighted by Crippen LogP contribution is 2.17. The molecule has 3 amide bonds. The molecule has 2 heterocycles. The lowest BCUT2D eigenvalue weighted by atomic mass is 10.2. The maximum atomic E-state index is 12.4. The summed E-state index contributed by atoms with van der Waals surface area (Å²) in [7, 11) is 0. The Morgan fingerprint density at radius 1 is 1.23 bits per heavy atom. The molecule has 3 rings (SSSR count). The van der Waals surface area contributed by atoms with E-state index < -0.39 is 0 Å². The molecule has 1 aliphatic rings. The molecule has 1 unspecified atom stereocenters. The Balaban J connectivity index is 1.51. The standard InChI is InChI=1S/C21H26ClN5O3/c22-16-7-8-19(23-13-16)26-20(29)15-4-1-5-17(12-15)25-21(30)24-14-18-6-2-9-27(18)10-3-11-28/h1,4-5,7-8,12-13,18,28H,2-3,6,9-11,14H2,(H,23,26,29)(H2,24,25,30). The van der Waals surface area contributed by atoms with E-state index >= 15 is 0 Å². The summed E-state index contributed by atoms with van der Waals surface area (Å²) in [6, 6.07) is 9.91. The zero-order chi connectivity index (χ0) is 21.3. The third kappa shape index (κ3) is 6.41. The average molecular weight is 432 g/mol. The molecule has 1 aromatic heterocycles. The largest absolute Gasteiger partial charge is 0.396 e. The van der Waals surface area contributed by atoms with Crippen molar-refractivity contribution in [2.75, 3.05) is 36.9 Å². The average Bonchev–Trinajstić information content (AvgIpc) is 3.20. The molecular weight excluding hydrogens is 406 g/mol. The zero-order valence-corrected chi connectivity index (χ0v) is 17.4. The lowest BCUT2D eigenvalue weighted by Gasteiger charge is -2.24. The van der Waals surface area contributed by atoms with Crippen LogP contribution in [0.15, 0.2) is 42.6 Å². The third-order valence-corrected chi connectivity index (χ3v) is 5.18. The first-order valence-electron chi connectivity index (χ1n) is 9.98. The lowest BCUT2D eigenvalue weighted by Crippen LogP contribution is -2.42. The summed E-state index contributed by atoms with van der Waals surface area (Å²) in [5.74, 6) is 0.0576. The van der Waals surface area contributed by atoms with Crippen molar-refractivity contribution in [3.8, 4) is 0 Å². The second-order valence-corrected chi connectivity index (χ2v) is 7.58. The molecule has 30 heavy (non-hydrogen) atoms. The van der Waals surface area contributed by atoms with E-state index in [1.165, 1.54) is 6.20 Å². The second kappa shape index (κ2) is 10.9. The fourth-order valence-corrected chi connectivity index (χ4v) is 3.57. The number of urea groups is 1. The van der Waals surface area contributed by atoms with Crippen molar-refractivity contribution in [1.82, 2.24) is 15.2 Å². The number of aliphatic hydroxyl groups is 1. The number of carbonyl (C=O) groups excluding carboxylic acids is 2. The van der Waals surface area contributed by atoms with E-state index in [1.54, 1.807) is 36.4 Å². The quantitative estimate of drug-likeness (QED) is 0.514. The van der Waals surface area contributed by atoms with Crippen molar-refractivity contribution in [3.63, 3.8) is 0 Å². The van der Waals surface area contributed by atoms with Gasteiger partial charge in [-0.1, -0.05) is 17.7 Å². The van der Waals surface area contributed by atoms with Gasteiger partial charge < -0.3 is 21.1 Å². The Morgan fingerprint density at radius 3 is 2.87 bits per heavy atom. The van der Waals surface area contributed by atoms with Crippen LogP contribution in [0.2, 0.25) is 5.02 Å². The third-order valence-electron chi connectivity index (χ3n) is 4.95. The number of likely N-dealkylation sites (tertiary alicyclic amines) is 1. The molecule has 0 bridgehead atoms. The van der Waals surface area contributed by atoms with Crippen molar-refractivity contribution in [2.24, 2.45) is 0 Å². The van der Waals surface area contributed by atoms with Crippen LogP contribution in [-0.4, -0.2) is 59.2 Å². The topological polar surface area (TPSA) is 107 Å². The normalized spacial score (nSPS) is 16.3. The van der Waals surface area contributed by atoms with E-state index in [-0.39, 0.29) is 24.6 Å². The number of hydrogen-bond donors (Lipinski definition) is 4. The number of carbonyl (C=O) groups is 2. The monoisotopic (exact) mass is 431 g/mol. The number of nitrogens with zero attached hydrogens (tertiary/aromatic N) is 2. The van der Waals surface area contributed by atoms with Crippen molar-refractivity contribution in [3.05, 3.63) is 53.2 Å². The summed E-state index contributed by atoms with van der Waals surface area (Å²) in [5, 5.41) is 17.8. The molecule has 0 spiro atoms. The van der Waals surface area contributed by atoms with E-state index in [9.17, 15) is 9.59 Å². The fraction of sp³-hybridized carbons (Fsp3) is 0.381. The molecule has 1 aromatic carbocycles. The SMILES string of the molecule is O=C(NCC1CCCN1CCCO)Nc1cccc(C(=O)Nc2ccc(Cl)cn2)c1. The number of aromatic nitrogens is 1. The molecule has 1 aliphatic heterocycles. The Kier molecular flexibility index (Phi) is 8.01. The summed E-state index contributed by atoms with van der Waals surface area (Å²) < 4.78 is 0. The minimum Gasteiger partial charge on any atom is -0.396 e. The van der Waals surface area contributed by atoms with Crippen LogP contribution in [0.4, 0.5) is 16.3 Å². The first kappa shape index (κ1) is 22.0. The van der Waals surface area contributed by atoms with Gasteiger partial charge in [0.25, 0.3) is 5.91 Å². The molecule has 0 saturated carbocycles. The number of hydrogen-bond acceptors (Lipinski definition) is 5. The van der Waals surface area contributed by atoms with E-state index in [1.807, 2.05) is 0 Å². The second-order valence-electron chi connectivity index (χ2n) is 7.14. The van der Waals surface area contributed by atoms with Crippen molar-refractivity contribution < 1.29 is 14.7 Å². The highest BCUT2D eigenvalue weighted by molar-refractivity contribution is 6.30. The van der Waals surface area contributed by atoms with Crippen LogP contribution in [0.1, 0.15) is 29.6 Å². The summed E-state index contributed by atoms with van der Waals surface area (Å²) in [5.41, 5.74) is 0.920. The Labute approximate surface area is 180 Å². The molecule has 8 nitrogen and oxygen atoms in total. The number of rotatable bonds is 8. The smallest absolute Gasteiger partial charge is 0.319 e. The molecule has 0 aliphatic carbocycles. The lowest BCUT2D eigenvalue weighted by molar-refractivity contribution is 0.102. The Hall–Kier alpha value is -2.68. The van der Waals surface area contributed by atoms with Crippen LogP contribution in [0.25, 0.3) is 0 Å². The molecule has 1 saturated heterocycles.